The van der Waals surface area contributed by atoms with E-state index in [2.05, 4.69) is 11.4 Å². The molecule has 1 aromatic heterocycles. The first-order valence-corrected chi connectivity index (χ1v) is 6.11. The third-order valence-corrected chi connectivity index (χ3v) is 3.35. The first-order chi connectivity index (χ1) is 7.65. The normalized spacial score (nSPS) is 11.1. The van der Waals surface area contributed by atoms with E-state index >= 15 is 0 Å². The van der Waals surface area contributed by atoms with Crippen molar-refractivity contribution in [2.24, 2.45) is 0 Å². The number of allylic oxidation sites excluding steroid dienone is 1. The fraction of sp³-hybridized carbons (Fsp3) is 0.417. The summed E-state index contributed by atoms with van der Waals surface area (Å²) in [6.45, 7) is 5.62. The first-order valence-electron chi connectivity index (χ1n) is 5.29. The number of thiophene rings is 1. The highest BCUT2D eigenvalue weighted by atomic mass is 32.1. The fourth-order valence-corrected chi connectivity index (χ4v) is 2.26. The van der Waals surface area contributed by atoms with Gasteiger partial charge in [-0.1, -0.05) is 12.2 Å². The van der Waals surface area contributed by atoms with Gasteiger partial charge in [-0.3, -0.25) is 0 Å². The number of hydrogen-bond donors (Lipinski definition) is 2. The number of aryl methyl sites for hydroxylation is 1. The van der Waals surface area contributed by atoms with Crippen molar-refractivity contribution >= 4 is 17.3 Å². The Morgan fingerprint density at radius 3 is 2.94 bits per heavy atom. The minimum absolute atomic E-state index is 0.419. The summed E-state index contributed by atoms with van der Waals surface area (Å²) in [4.78, 5) is 12.3. The topological polar surface area (TPSA) is 49.3 Å². The molecule has 16 heavy (non-hydrogen) atoms. The van der Waals surface area contributed by atoms with Gasteiger partial charge in [-0.15, -0.1) is 11.3 Å². The maximum Gasteiger partial charge on any atom is 0.345 e. The summed E-state index contributed by atoms with van der Waals surface area (Å²) in [7, 11) is 0. The quantitative estimate of drug-likeness (QED) is 0.593. The predicted molar refractivity (Wildman–Crippen MR) is 67.2 cm³/mol. The molecule has 4 heteroatoms. The zero-order valence-electron chi connectivity index (χ0n) is 9.62. The van der Waals surface area contributed by atoms with Crippen molar-refractivity contribution < 1.29 is 9.90 Å². The average molecular weight is 239 g/mol. The molecular weight excluding hydrogens is 222 g/mol. The van der Waals surface area contributed by atoms with Crippen LogP contribution in [0, 0.1) is 6.92 Å². The van der Waals surface area contributed by atoms with Crippen molar-refractivity contribution in [1.82, 2.24) is 5.32 Å². The van der Waals surface area contributed by atoms with Gasteiger partial charge in [-0.25, -0.2) is 4.79 Å². The Morgan fingerprint density at radius 1 is 1.62 bits per heavy atom. The van der Waals surface area contributed by atoms with Crippen molar-refractivity contribution in [1.29, 1.82) is 0 Å². The molecule has 1 aromatic rings. The van der Waals surface area contributed by atoms with Gasteiger partial charge in [-0.2, -0.15) is 0 Å². The largest absolute Gasteiger partial charge is 0.477 e. The fourth-order valence-electron chi connectivity index (χ4n) is 1.38. The van der Waals surface area contributed by atoms with E-state index < -0.39 is 5.97 Å². The number of carboxylic acids is 1. The van der Waals surface area contributed by atoms with E-state index in [4.69, 9.17) is 5.11 Å². The summed E-state index contributed by atoms with van der Waals surface area (Å²) in [5.74, 6) is -0.840. The monoisotopic (exact) mass is 239 g/mol. The van der Waals surface area contributed by atoms with Gasteiger partial charge in [0.25, 0.3) is 0 Å². The maximum atomic E-state index is 10.8. The molecule has 0 fully saturated rings. The highest BCUT2D eigenvalue weighted by molar-refractivity contribution is 7.14. The molecule has 2 N–H and O–H groups in total. The van der Waals surface area contributed by atoms with E-state index in [1.807, 2.05) is 19.9 Å². The zero-order chi connectivity index (χ0) is 12.0. The molecule has 0 aliphatic carbocycles. The molecule has 0 spiro atoms. The van der Waals surface area contributed by atoms with Gasteiger partial charge in [0.05, 0.1) is 0 Å². The molecule has 0 saturated heterocycles. The van der Waals surface area contributed by atoms with Gasteiger partial charge in [0, 0.05) is 11.4 Å². The van der Waals surface area contributed by atoms with Crippen LogP contribution in [0.2, 0.25) is 0 Å². The molecule has 0 bridgehead atoms. The van der Waals surface area contributed by atoms with E-state index in [-0.39, 0.29) is 0 Å². The molecule has 0 unspecified atom stereocenters. The third kappa shape index (κ3) is 3.79. The van der Waals surface area contributed by atoms with Gasteiger partial charge >= 0.3 is 5.97 Å². The minimum atomic E-state index is -0.840. The summed E-state index contributed by atoms with van der Waals surface area (Å²) in [5, 5.41) is 12.1. The van der Waals surface area contributed by atoms with Gasteiger partial charge in [-0.05, 0) is 38.4 Å². The summed E-state index contributed by atoms with van der Waals surface area (Å²) in [5.41, 5.74) is 1.09. The van der Waals surface area contributed by atoms with Crippen LogP contribution in [0.5, 0.6) is 0 Å². The van der Waals surface area contributed by atoms with Crippen molar-refractivity contribution in [2.45, 2.75) is 26.8 Å². The molecule has 88 valence electrons. The zero-order valence-corrected chi connectivity index (χ0v) is 10.4. The van der Waals surface area contributed by atoms with Gasteiger partial charge < -0.3 is 10.4 Å². The molecule has 1 heterocycles. The van der Waals surface area contributed by atoms with Crippen LogP contribution in [0.3, 0.4) is 0 Å². The van der Waals surface area contributed by atoms with Crippen LogP contribution in [0.1, 0.15) is 33.5 Å². The second kappa shape index (κ2) is 6.45. The van der Waals surface area contributed by atoms with Crippen LogP contribution in [0.25, 0.3) is 0 Å². The lowest BCUT2D eigenvalue weighted by molar-refractivity contribution is 0.0702. The Balaban J connectivity index is 2.44. The highest BCUT2D eigenvalue weighted by Crippen LogP contribution is 2.21. The summed E-state index contributed by atoms with van der Waals surface area (Å²) in [6.07, 6.45) is 5.14. The smallest absolute Gasteiger partial charge is 0.345 e. The standard InChI is InChI=1S/C12H17NO2S/c1-3-4-5-6-13-8-10-7-11(12(14)15)16-9(10)2/h3-4,7,13H,5-6,8H2,1-2H3,(H,14,15)/b4-3+. The number of carbonyl (C=O) groups is 1. The van der Waals surface area contributed by atoms with E-state index in [0.29, 0.717) is 4.88 Å². The van der Waals surface area contributed by atoms with Crippen molar-refractivity contribution in [2.75, 3.05) is 6.54 Å². The van der Waals surface area contributed by atoms with Crippen LogP contribution in [-0.2, 0) is 6.54 Å². The van der Waals surface area contributed by atoms with Crippen LogP contribution in [-0.4, -0.2) is 17.6 Å². The molecule has 3 nitrogen and oxygen atoms in total. The summed E-state index contributed by atoms with van der Waals surface area (Å²) in [6, 6.07) is 1.75. The molecule has 0 saturated carbocycles. The van der Waals surface area contributed by atoms with Crippen LogP contribution >= 0.6 is 11.3 Å². The second-order valence-electron chi connectivity index (χ2n) is 3.53. The molecule has 0 amide bonds. The SMILES string of the molecule is C/C=C/CCNCc1cc(C(=O)O)sc1C. The lowest BCUT2D eigenvalue weighted by Crippen LogP contribution is -2.14. The number of nitrogens with one attached hydrogen (secondary N) is 1. The van der Waals surface area contributed by atoms with Gasteiger partial charge in [0.1, 0.15) is 4.88 Å². The third-order valence-electron chi connectivity index (χ3n) is 2.27. The van der Waals surface area contributed by atoms with E-state index in [1.165, 1.54) is 11.3 Å². The van der Waals surface area contributed by atoms with Gasteiger partial charge in [0.15, 0.2) is 0 Å². The number of carboxylic acid groups (broad SMARTS) is 1. The van der Waals surface area contributed by atoms with Crippen molar-refractivity contribution in [3.05, 3.63) is 33.5 Å². The average Bonchev–Trinajstić information content (AvgIpc) is 2.60. The number of hydrogen-bond acceptors (Lipinski definition) is 3. The molecule has 0 radical (unpaired) electrons. The number of aromatic carboxylic acids is 1. The highest BCUT2D eigenvalue weighted by Gasteiger charge is 2.10. The predicted octanol–water partition coefficient (Wildman–Crippen LogP) is 2.81. The molecule has 0 aliphatic rings. The van der Waals surface area contributed by atoms with E-state index in [1.54, 1.807) is 6.07 Å². The van der Waals surface area contributed by atoms with Crippen molar-refractivity contribution in [3.8, 4) is 0 Å². The van der Waals surface area contributed by atoms with Crippen LogP contribution in [0.15, 0.2) is 18.2 Å². The first kappa shape index (κ1) is 12.9. The molecular formula is C12H17NO2S. The van der Waals surface area contributed by atoms with Crippen LogP contribution in [0.4, 0.5) is 0 Å². The summed E-state index contributed by atoms with van der Waals surface area (Å²) < 4.78 is 0. The Morgan fingerprint density at radius 2 is 2.38 bits per heavy atom. The summed E-state index contributed by atoms with van der Waals surface area (Å²) >= 11 is 1.34. The Labute approximate surface area is 99.8 Å². The lowest BCUT2D eigenvalue weighted by Gasteiger charge is -2.01. The Kier molecular flexibility index (Phi) is 5.22. The molecule has 0 aromatic carbocycles. The molecule has 0 atom stereocenters. The molecule has 0 aliphatic heterocycles. The van der Waals surface area contributed by atoms with Gasteiger partial charge in [0.2, 0.25) is 0 Å². The Hall–Kier alpha value is -1.13. The Bertz CT molecular complexity index is 382. The lowest BCUT2D eigenvalue weighted by atomic mass is 10.2. The second-order valence-corrected chi connectivity index (χ2v) is 4.79. The van der Waals surface area contributed by atoms with Crippen LogP contribution < -0.4 is 5.32 Å². The number of rotatable bonds is 6. The molecule has 1 rings (SSSR count). The maximum absolute atomic E-state index is 10.8. The van der Waals surface area contributed by atoms with E-state index in [9.17, 15) is 4.79 Å². The minimum Gasteiger partial charge on any atom is -0.477 e. The van der Waals surface area contributed by atoms with Crippen molar-refractivity contribution in [3.63, 3.8) is 0 Å². The van der Waals surface area contributed by atoms with E-state index in [0.717, 1.165) is 30.0 Å².